The maximum absolute atomic E-state index is 12.5. The van der Waals surface area contributed by atoms with Gasteiger partial charge in [-0.25, -0.2) is 0 Å². The number of carbonyl (C=O) groups is 2. The van der Waals surface area contributed by atoms with Crippen molar-refractivity contribution in [2.75, 3.05) is 13.2 Å². The van der Waals surface area contributed by atoms with E-state index in [2.05, 4.69) is 19.2 Å². The predicted octanol–water partition coefficient (Wildman–Crippen LogP) is 21.6. The van der Waals surface area contributed by atoms with Crippen LogP contribution in [0.2, 0.25) is 0 Å². The lowest BCUT2D eigenvalue weighted by molar-refractivity contribution is -0.143. The molecule has 0 rings (SSSR count). The summed E-state index contributed by atoms with van der Waals surface area (Å²) >= 11 is 0. The molecule has 0 fully saturated rings. The molecule has 6 nitrogen and oxygen atoms in total. The molecule has 2 atom stereocenters. The van der Waals surface area contributed by atoms with Crippen molar-refractivity contribution in [1.82, 2.24) is 5.32 Å². The summed E-state index contributed by atoms with van der Waals surface area (Å²) in [5.41, 5.74) is 0. The molecule has 0 saturated carbocycles. The van der Waals surface area contributed by atoms with Gasteiger partial charge in [0.1, 0.15) is 0 Å². The molecule has 0 aromatic rings. The minimum Gasteiger partial charge on any atom is -0.466 e. The Labute approximate surface area is 463 Å². The highest BCUT2D eigenvalue weighted by molar-refractivity contribution is 5.76. The van der Waals surface area contributed by atoms with Crippen LogP contribution in [-0.2, 0) is 14.3 Å². The van der Waals surface area contributed by atoms with Crippen molar-refractivity contribution in [3.8, 4) is 0 Å². The number of amides is 1. The summed E-state index contributed by atoms with van der Waals surface area (Å²) < 4.78 is 5.50. The van der Waals surface area contributed by atoms with Gasteiger partial charge < -0.3 is 20.3 Å². The first kappa shape index (κ1) is 72.6. The number of allylic oxidation sites excluding steroid dienone is 1. The van der Waals surface area contributed by atoms with Gasteiger partial charge in [0.05, 0.1) is 25.4 Å². The van der Waals surface area contributed by atoms with Crippen LogP contribution in [0.25, 0.3) is 0 Å². The number of ether oxygens (including phenoxy) is 1. The summed E-state index contributed by atoms with van der Waals surface area (Å²) in [5.74, 6) is -0.0556. The molecule has 0 aromatic carbocycles. The third-order valence-electron chi connectivity index (χ3n) is 16.1. The number of esters is 1. The Hall–Kier alpha value is -1.40. The van der Waals surface area contributed by atoms with Crippen LogP contribution in [0.3, 0.4) is 0 Å². The van der Waals surface area contributed by atoms with E-state index >= 15 is 0 Å². The number of hydrogen-bond acceptors (Lipinski definition) is 5. The highest BCUT2D eigenvalue weighted by Crippen LogP contribution is 2.19. The van der Waals surface area contributed by atoms with E-state index in [0.29, 0.717) is 19.4 Å². The van der Waals surface area contributed by atoms with Gasteiger partial charge in [-0.3, -0.25) is 9.59 Å². The molecule has 3 N–H and O–H groups in total. The molecule has 0 aliphatic carbocycles. The second-order valence-corrected chi connectivity index (χ2v) is 23.5. The van der Waals surface area contributed by atoms with E-state index in [0.717, 1.165) is 38.5 Å². The number of aliphatic hydroxyl groups excluding tert-OH is 2. The van der Waals surface area contributed by atoms with Crippen LogP contribution < -0.4 is 5.32 Å². The van der Waals surface area contributed by atoms with Gasteiger partial charge in [-0.05, 0) is 32.1 Å². The van der Waals surface area contributed by atoms with E-state index in [9.17, 15) is 19.8 Å². The lowest BCUT2D eigenvalue weighted by Crippen LogP contribution is -2.45. The molecule has 0 saturated heterocycles. The van der Waals surface area contributed by atoms with Gasteiger partial charge >= 0.3 is 5.97 Å². The number of rotatable bonds is 64. The monoisotopic (exact) mass is 1040 g/mol. The van der Waals surface area contributed by atoms with Gasteiger partial charge in [0.15, 0.2) is 0 Å². The van der Waals surface area contributed by atoms with Crippen LogP contribution in [0.4, 0.5) is 0 Å². The molecular formula is C68H133NO5. The minimum atomic E-state index is -0.848. The van der Waals surface area contributed by atoms with Gasteiger partial charge in [0, 0.05) is 12.8 Å². The van der Waals surface area contributed by atoms with Gasteiger partial charge in [-0.1, -0.05) is 353 Å². The third kappa shape index (κ3) is 59.8. The molecule has 0 aromatic heterocycles. The summed E-state index contributed by atoms with van der Waals surface area (Å²) in [5, 5.41) is 23.2. The Balaban J connectivity index is 3.41. The molecule has 0 aliphatic rings. The van der Waals surface area contributed by atoms with E-state index in [4.69, 9.17) is 4.74 Å². The molecule has 0 bridgehead atoms. The van der Waals surface area contributed by atoms with Gasteiger partial charge in [0.2, 0.25) is 5.91 Å². The Morgan fingerprint density at radius 2 is 0.622 bits per heavy atom. The fourth-order valence-electron chi connectivity index (χ4n) is 10.9. The van der Waals surface area contributed by atoms with Crippen LogP contribution in [0, 0.1) is 0 Å². The molecule has 0 heterocycles. The number of hydrogen-bond donors (Lipinski definition) is 3. The van der Waals surface area contributed by atoms with Gasteiger partial charge in [-0.15, -0.1) is 0 Å². The normalized spacial score (nSPS) is 12.5. The molecular weight excluding hydrogens is 911 g/mol. The maximum Gasteiger partial charge on any atom is 0.305 e. The number of nitrogens with one attached hydrogen (secondary N) is 1. The topological polar surface area (TPSA) is 95.9 Å². The zero-order chi connectivity index (χ0) is 53.6. The van der Waals surface area contributed by atoms with E-state index in [1.807, 2.05) is 6.08 Å². The number of aliphatic hydroxyl groups is 2. The molecule has 0 aliphatic heterocycles. The average Bonchev–Trinajstić information content (AvgIpc) is 3.40. The zero-order valence-corrected chi connectivity index (χ0v) is 50.4. The van der Waals surface area contributed by atoms with Crippen molar-refractivity contribution in [1.29, 1.82) is 0 Å². The third-order valence-corrected chi connectivity index (χ3v) is 16.1. The van der Waals surface area contributed by atoms with Crippen molar-refractivity contribution in [2.24, 2.45) is 0 Å². The summed E-state index contributed by atoms with van der Waals surface area (Å²) in [6.07, 6.45) is 78.4. The lowest BCUT2D eigenvalue weighted by Gasteiger charge is -2.20. The minimum absolute atomic E-state index is 0.0117. The molecule has 74 heavy (non-hydrogen) atoms. The molecule has 440 valence electrons. The highest BCUT2D eigenvalue weighted by atomic mass is 16.5. The first-order valence-electron chi connectivity index (χ1n) is 34.0. The fourth-order valence-corrected chi connectivity index (χ4v) is 10.9. The predicted molar refractivity (Wildman–Crippen MR) is 324 cm³/mol. The van der Waals surface area contributed by atoms with Crippen LogP contribution >= 0.6 is 0 Å². The van der Waals surface area contributed by atoms with Gasteiger partial charge in [0.25, 0.3) is 0 Å². The summed E-state index contributed by atoms with van der Waals surface area (Å²) in [6, 6.07) is -0.631. The van der Waals surface area contributed by atoms with Crippen molar-refractivity contribution >= 4 is 11.9 Å². The van der Waals surface area contributed by atoms with Crippen LogP contribution in [-0.4, -0.2) is 47.4 Å². The van der Waals surface area contributed by atoms with E-state index in [1.165, 1.54) is 321 Å². The van der Waals surface area contributed by atoms with Crippen molar-refractivity contribution < 1.29 is 24.5 Å². The fraction of sp³-hybridized carbons (Fsp3) is 0.941. The lowest BCUT2D eigenvalue weighted by atomic mass is 10.0. The number of carbonyl (C=O) groups excluding carboxylic acids is 2. The second kappa shape index (κ2) is 64.1. The second-order valence-electron chi connectivity index (χ2n) is 23.5. The Morgan fingerprint density at radius 3 is 0.919 bits per heavy atom. The largest absolute Gasteiger partial charge is 0.466 e. The van der Waals surface area contributed by atoms with E-state index in [1.54, 1.807) is 6.08 Å². The first-order chi connectivity index (χ1) is 36.5. The summed E-state index contributed by atoms with van der Waals surface area (Å²) in [7, 11) is 0. The number of unbranched alkanes of at least 4 members (excludes halogenated alkanes) is 53. The summed E-state index contributed by atoms with van der Waals surface area (Å²) in [4.78, 5) is 24.6. The summed E-state index contributed by atoms with van der Waals surface area (Å²) in [6.45, 7) is 4.94. The van der Waals surface area contributed by atoms with Crippen molar-refractivity contribution in [3.05, 3.63) is 12.2 Å². The van der Waals surface area contributed by atoms with E-state index in [-0.39, 0.29) is 18.5 Å². The standard InChI is InChI=1S/C68H133NO5/c1-3-5-7-9-11-13-15-17-19-21-22-23-24-25-29-32-36-40-44-48-52-56-60-66(71)65(64-70)69-67(72)61-57-53-49-45-41-37-33-30-26-27-31-35-39-43-47-51-55-59-63-74-68(73)62-58-54-50-46-42-38-34-28-20-18-16-14-12-10-8-6-4-2/h56,60,65-66,70-71H,3-55,57-59,61-64H2,1-2H3,(H,69,72)/b60-56+. The van der Waals surface area contributed by atoms with Crippen molar-refractivity contribution in [2.45, 2.75) is 398 Å². The molecule has 0 radical (unpaired) electrons. The van der Waals surface area contributed by atoms with Crippen LogP contribution in [0.15, 0.2) is 12.2 Å². The highest BCUT2D eigenvalue weighted by Gasteiger charge is 2.18. The molecule has 1 amide bonds. The quantitative estimate of drug-likeness (QED) is 0.0320. The maximum atomic E-state index is 12.5. The zero-order valence-electron chi connectivity index (χ0n) is 50.4. The average molecular weight is 1040 g/mol. The molecule has 6 heteroatoms. The first-order valence-corrected chi connectivity index (χ1v) is 34.0. The molecule has 0 spiro atoms. The smallest absolute Gasteiger partial charge is 0.305 e. The van der Waals surface area contributed by atoms with Gasteiger partial charge in [-0.2, -0.15) is 0 Å². The molecule has 2 unspecified atom stereocenters. The Morgan fingerprint density at radius 1 is 0.365 bits per heavy atom. The Bertz CT molecular complexity index is 1110. The Kier molecular flexibility index (Phi) is 62.9. The van der Waals surface area contributed by atoms with Crippen LogP contribution in [0.5, 0.6) is 0 Å². The van der Waals surface area contributed by atoms with Crippen molar-refractivity contribution in [3.63, 3.8) is 0 Å². The SMILES string of the molecule is CCCCCCCCCCCCCCCCCCCCCC/C=C/C(O)C(CO)NC(=O)CCCCCCCCCCCCCCCCCCCCOC(=O)CCCCCCCCCCCCCCCCCCC. The van der Waals surface area contributed by atoms with Crippen LogP contribution in [0.1, 0.15) is 386 Å². The van der Waals surface area contributed by atoms with E-state index < -0.39 is 12.1 Å².